The van der Waals surface area contributed by atoms with Crippen molar-refractivity contribution < 1.29 is 24.1 Å². The standard InChI is InChI=1S/C36H50O5/c1-4-5-6-7-27-8-19-35(41-25-27)30-11-9-28(10-12-30)31-15-18-34(29-13-16-33(17-14-29)39-23-21-37)32(24-31)20-22-40-36(38)26(2)3/h13-18,24,27-28,30,35,37H,2,4-12,19-23,25H2,1,3H3. The van der Waals surface area contributed by atoms with Crippen molar-refractivity contribution >= 4 is 5.97 Å². The smallest absolute Gasteiger partial charge is 0.333 e. The molecule has 1 saturated carbocycles. The Labute approximate surface area is 247 Å². The van der Waals surface area contributed by atoms with Gasteiger partial charge in [0.1, 0.15) is 12.4 Å². The molecule has 0 spiro atoms. The Bertz CT molecular complexity index is 1090. The molecule has 2 atom stereocenters. The number of hydrogen-bond donors (Lipinski definition) is 1. The van der Waals surface area contributed by atoms with Crippen molar-refractivity contribution in [3.63, 3.8) is 0 Å². The van der Waals surface area contributed by atoms with E-state index in [1.165, 1.54) is 75.3 Å². The molecule has 0 amide bonds. The number of carbonyl (C=O) groups excluding carboxylic acids is 1. The second kappa shape index (κ2) is 16.1. The van der Waals surface area contributed by atoms with Crippen molar-refractivity contribution in [1.29, 1.82) is 0 Å². The summed E-state index contributed by atoms with van der Waals surface area (Å²) in [5, 5.41) is 9.04. The molecular weight excluding hydrogens is 512 g/mol. The summed E-state index contributed by atoms with van der Waals surface area (Å²) in [6.45, 7) is 9.21. The van der Waals surface area contributed by atoms with Gasteiger partial charge in [-0.1, -0.05) is 63.1 Å². The largest absolute Gasteiger partial charge is 0.491 e. The predicted octanol–water partition coefficient (Wildman–Crippen LogP) is 8.04. The second-order valence-corrected chi connectivity index (χ2v) is 12.1. The van der Waals surface area contributed by atoms with Crippen molar-refractivity contribution in [2.75, 3.05) is 26.4 Å². The molecule has 0 bridgehead atoms. The van der Waals surface area contributed by atoms with Crippen LogP contribution in [0.4, 0.5) is 0 Å². The van der Waals surface area contributed by atoms with Gasteiger partial charge in [0.15, 0.2) is 0 Å². The fourth-order valence-electron chi connectivity index (χ4n) is 6.56. The molecule has 1 saturated heterocycles. The van der Waals surface area contributed by atoms with Crippen molar-refractivity contribution in [2.24, 2.45) is 11.8 Å². The number of unbranched alkanes of at least 4 members (excludes halogenated alkanes) is 2. The molecule has 5 heteroatoms. The molecule has 4 rings (SSSR count). The highest BCUT2D eigenvalue weighted by molar-refractivity contribution is 5.86. The van der Waals surface area contributed by atoms with Gasteiger partial charge in [0.25, 0.3) is 0 Å². The molecule has 2 aromatic carbocycles. The van der Waals surface area contributed by atoms with E-state index in [9.17, 15) is 4.79 Å². The zero-order valence-corrected chi connectivity index (χ0v) is 25.2. The van der Waals surface area contributed by atoms with E-state index in [-0.39, 0.29) is 19.2 Å². The lowest BCUT2D eigenvalue weighted by Crippen LogP contribution is -2.34. The van der Waals surface area contributed by atoms with E-state index in [1.54, 1.807) is 6.92 Å². The van der Waals surface area contributed by atoms with E-state index in [0.29, 0.717) is 36.5 Å². The molecule has 0 radical (unpaired) electrons. The van der Waals surface area contributed by atoms with Crippen LogP contribution in [0.5, 0.6) is 5.75 Å². The molecule has 2 unspecified atom stereocenters. The molecule has 2 aromatic rings. The van der Waals surface area contributed by atoms with E-state index < -0.39 is 0 Å². The van der Waals surface area contributed by atoms with Crippen LogP contribution in [0.15, 0.2) is 54.6 Å². The number of rotatable bonds is 14. The van der Waals surface area contributed by atoms with Crippen LogP contribution in [0.3, 0.4) is 0 Å². The summed E-state index contributed by atoms with van der Waals surface area (Å²) < 4.78 is 17.4. The van der Waals surface area contributed by atoms with Crippen LogP contribution < -0.4 is 4.74 Å². The van der Waals surface area contributed by atoms with Gasteiger partial charge in [-0.25, -0.2) is 4.79 Å². The van der Waals surface area contributed by atoms with Crippen LogP contribution in [-0.2, 0) is 20.7 Å². The maximum atomic E-state index is 12.0. The summed E-state index contributed by atoms with van der Waals surface area (Å²) >= 11 is 0. The van der Waals surface area contributed by atoms with Gasteiger partial charge >= 0.3 is 5.97 Å². The SMILES string of the molecule is C=C(C)C(=O)OCCc1cc(C2CCC(C3CCC(CCCCC)CO3)CC2)ccc1-c1ccc(OCCO)cc1. The van der Waals surface area contributed by atoms with Crippen LogP contribution in [0.2, 0.25) is 0 Å². The third-order valence-electron chi connectivity index (χ3n) is 9.00. The second-order valence-electron chi connectivity index (χ2n) is 12.1. The Morgan fingerprint density at radius 2 is 1.78 bits per heavy atom. The summed E-state index contributed by atoms with van der Waals surface area (Å²) in [6, 6.07) is 14.8. The van der Waals surface area contributed by atoms with Crippen LogP contribution >= 0.6 is 0 Å². The Hall–Kier alpha value is -2.63. The Morgan fingerprint density at radius 1 is 1.00 bits per heavy atom. The maximum absolute atomic E-state index is 12.0. The zero-order valence-electron chi connectivity index (χ0n) is 25.2. The summed E-state index contributed by atoms with van der Waals surface area (Å²) in [4.78, 5) is 12.0. The highest BCUT2D eigenvalue weighted by atomic mass is 16.5. The molecule has 1 heterocycles. The van der Waals surface area contributed by atoms with Crippen molar-refractivity contribution in [1.82, 2.24) is 0 Å². The number of aliphatic hydroxyl groups excluding tert-OH is 1. The van der Waals surface area contributed by atoms with Gasteiger partial charge in [0, 0.05) is 18.6 Å². The molecular formula is C36H50O5. The Balaban J connectivity index is 1.39. The average Bonchev–Trinajstić information content (AvgIpc) is 3.01. The molecule has 1 N–H and O–H groups in total. The highest BCUT2D eigenvalue weighted by Gasteiger charge is 2.32. The van der Waals surface area contributed by atoms with Crippen LogP contribution in [0, 0.1) is 11.8 Å². The van der Waals surface area contributed by atoms with Crippen molar-refractivity contribution in [3.8, 4) is 16.9 Å². The molecule has 41 heavy (non-hydrogen) atoms. The molecule has 2 aliphatic rings. The van der Waals surface area contributed by atoms with Crippen molar-refractivity contribution in [3.05, 3.63) is 65.7 Å². The van der Waals surface area contributed by atoms with Gasteiger partial charge in [-0.15, -0.1) is 0 Å². The molecule has 1 aliphatic carbocycles. The maximum Gasteiger partial charge on any atom is 0.333 e. The van der Waals surface area contributed by atoms with Gasteiger partial charge < -0.3 is 19.3 Å². The first-order chi connectivity index (χ1) is 20.0. The van der Waals surface area contributed by atoms with Gasteiger partial charge in [0.2, 0.25) is 0 Å². The lowest BCUT2D eigenvalue weighted by molar-refractivity contribution is -0.138. The average molecular weight is 563 g/mol. The predicted molar refractivity (Wildman–Crippen MR) is 165 cm³/mol. The summed E-state index contributed by atoms with van der Waals surface area (Å²) in [5.41, 5.74) is 5.24. The fraction of sp³-hybridized carbons (Fsp3) is 0.583. The van der Waals surface area contributed by atoms with Gasteiger partial charge in [-0.05, 0) is 104 Å². The fourth-order valence-corrected chi connectivity index (χ4v) is 6.56. The van der Waals surface area contributed by atoms with E-state index in [4.69, 9.17) is 19.3 Å². The number of aliphatic hydroxyl groups is 1. The van der Waals surface area contributed by atoms with Gasteiger partial charge in [-0.3, -0.25) is 0 Å². The lowest BCUT2D eigenvalue weighted by atomic mass is 9.74. The first-order valence-electron chi connectivity index (χ1n) is 15.9. The third-order valence-corrected chi connectivity index (χ3v) is 9.00. The summed E-state index contributed by atoms with van der Waals surface area (Å²) in [7, 11) is 0. The van der Waals surface area contributed by atoms with Crippen molar-refractivity contribution in [2.45, 2.75) is 96.5 Å². The lowest BCUT2D eigenvalue weighted by Gasteiger charge is -2.38. The minimum atomic E-state index is -0.344. The molecule has 2 fully saturated rings. The van der Waals surface area contributed by atoms with E-state index in [2.05, 4.69) is 43.8 Å². The first-order valence-corrected chi connectivity index (χ1v) is 15.9. The third kappa shape index (κ3) is 9.18. The quantitative estimate of drug-likeness (QED) is 0.143. The van der Waals surface area contributed by atoms with Crippen LogP contribution in [0.25, 0.3) is 11.1 Å². The number of esters is 1. The summed E-state index contributed by atoms with van der Waals surface area (Å²) in [6.07, 6.45) is 13.9. The minimum Gasteiger partial charge on any atom is -0.491 e. The molecule has 0 aromatic heterocycles. The number of benzene rings is 2. The summed E-state index contributed by atoms with van der Waals surface area (Å²) in [5.74, 6) is 2.40. The van der Waals surface area contributed by atoms with Gasteiger partial charge in [-0.2, -0.15) is 0 Å². The van der Waals surface area contributed by atoms with E-state index in [1.807, 2.05) is 12.1 Å². The monoisotopic (exact) mass is 562 g/mol. The first kappa shape index (κ1) is 31.3. The topological polar surface area (TPSA) is 65.0 Å². The number of hydrogen-bond acceptors (Lipinski definition) is 5. The molecule has 5 nitrogen and oxygen atoms in total. The van der Waals surface area contributed by atoms with Gasteiger partial charge in [0.05, 0.1) is 19.3 Å². The number of ether oxygens (including phenoxy) is 3. The minimum absolute atomic E-state index is 0.00848. The molecule has 224 valence electrons. The highest BCUT2D eigenvalue weighted by Crippen LogP contribution is 2.41. The van der Waals surface area contributed by atoms with E-state index >= 15 is 0 Å². The Morgan fingerprint density at radius 3 is 2.44 bits per heavy atom. The van der Waals surface area contributed by atoms with E-state index in [0.717, 1.165) is 29.4 Å². The Kier molecular flexibility index (Phi) is 12.3. The number of carbonyl (C=O) groups is 1. The normalized spacial score (nSPS) is 22.7. The zero-order chi connectivity index (χ0) is 29.0. The van der Waals surface area contributed by atoms with Crippen LogP contribution in [0.1, 0.15) is 95.1 Å². The molecule has 1 aliphatic heterocycles. The van der Waals surface area contributed by atoms with Crippen LogP contribution in [-0.4, -0.2) is 43.6 Å².